The molecule has 1 aromatic heterocycles. The Kier molecular flexibility index (Phi) is 3.96. The van der Waals surface area contributed by atoms with E-state index in [-0.39, 0.29) is 6.04 Å². The van der Waals surface area contributed by atoms with E-state index in [1.54, 1.807) is 6.20 Å². The Bertz CT molecular complexity index is 245. The van der Waals surface area contributed by atoms with E-state index in [1.165, 1.54) is 0 Å². The fourth-order valence-corrected chi connectivity index (χ4v) is 1.17. The zero-order chi connectivity index (χ0) is 9.68. The number of hydrogen-bond donors (Lipinski definition) is 1. The lowest BCUT2D eigenvalue weighted by atomic mass is 10.2. The molecule has 2 N–H and O–H groups in total. The highest BCUT2D eigenvalue weighted by Crippen LogP contribution is 2.08. The monoisotopic (exact) mass is 182 g/mol. The summed E-state index contributed by atoms with van der Waals surface area (Å²) in [6, 6.07) is 0.174. The van der Waals surface area contributed by atoms with Crippen molar-refractivity contribution in [2.24, 2.45) is 5.73 Å². The largest absolute Gasteiger partial charge is 0.446 e. The number of hydrogen-bond acceptors (Lipinski definition) is 3. The molecule has 0 aliphatic rings. The number of oxazole rings is 1. The van der Waals surface area contributed by atoms with Crippen molar-refractivity contribution >= 4 is 0 Å². The Labute approximate surface area is 79.3 Å². The lowest BCUT2D eigenvalue weighted by Crippen LogP contribution is -2.21. The van der Waals surface area contributed by atoms with Crippen molar-refractivity contribution in [3.05, 3.63) is 17.8 Å². The summed E-state index contributed by atoms with van der Waals surface area (Å²) in [6.07, 6.45) is 5.58. The zero-order valence-corrected chi connectivity index (χ0v) is 8.42. The minimum Gasteiger partial charge on any atom is -0.446 e. The van der Waals surface area contributed by atoms with Crippen LogP contribution in [0.3, 0.4) is 0 Å². The number of aryl methyl sites for hydroxylation is 1. The summed E-state index contributed by atoms with van der Waals surface area (Å²) < 4.78 is 5.51. The second-order valence-electron chi connectivity index (χ2n) is 3.34. The van der Waals surface area contributed by atoms with E-state index in [9.17, 15) is 0 Å². The van der Waals surface area contributed by atoms with Crippen LogP contribution in [0.25, 0.3) is 0 Å². The number of rotatable bonds is 5. The molecular weight excluding hydrogens is 164 g/mol. The van der Waals surface area contributed by atoms with Crippen LogP contribution in [0.5, 0.6) is 0 Å². The summed E-state index contributed by atoms with van der Waals surface area (Å²) in [6.45, 7) is 4.19. The standard InChI is InChI=1S/C10H18N2O/c1-3-5-9-7-12-10(13-9)6-8(11)4-2/h7-8H,3-6,11H2,1-2H3. The van der Waals surface area contributed by atoms with Crippen LogP contribution in [0.4, 0.5) is 0 Å². The molecule has 0 bridgehead atoms. The van der Waals surface area contributed by atoms with Gasteiger partial charge < -0.3 is 10.2 Å². The Hall–Kier alpha value is -0.830. The maximum Gasteiger partial charge on any atom is 0.195 e. The molecule has 3 heteroatoms. The summed E-state index contributed by atoms with van der Waals surface area (Å²) in [5.74, 6) is 1.75. The molecule has 0 fully saturated rings. The first kappa shape index (κ1) is 10.3. The van der Waals surface area contributed by atoms with Gasteiger partial charge in [-0.1, -0.05) is 13.8 Å². The summed E-state index contributed by atoms with van der Waals surface area (Å²) in [5.41, 5.74) is 5.79. The van der Waals surface area contributed by atoms with Gasteiger partial charge >= 0.3 is 0 Å². The second kappa shape index (κ2) is 5.02. The van der Waals surface area contributed by atoms with E-state index in [4.69, 9.17) is 10.2 Å². The molecule has 0 aromatic carbocycles. The van der Waals surface area contributed by atoms with Crippen LogP contribution in [-0.2, 0) is 12.8 Å². The normalized spacial score (nSPS) is 13.2. The predicted molar refractivity (Wildman–Crippen MR) is 52.5 cm³/mol. The molecule has 0 amide bonds. The van der Waals surface area contributed by atoms with Crippen LogP contribution in [0.2, 0.25) is 0 Å². The zero-order valence-electron chi connectivity index (χ0n) is 8.42. The topological polar surface area (TPSA) is 52.0 Å². The van der Waals surface area contributed by atoms with Gasteiger partial charge in [-0.2, -0.15) is 0 Å². The molecule has 1 aromatic rings. The minimum absolute atomic E-state index is 0.174. The highest BCUT2D eigenvalue weighted by atomic mass is 16.4. The predicted octanol–water partition coefficient (Wildman–Crippen LogP) is 1.91. The van der Waals surface area contributed by atoms with Gasteiger partial charge in [-0.05, 0) is 12.8 Å². The van der Waals surface area contributed by atoms with Gasteiger partial charge in [0.2, 0.25) is 0 Å². The highest BCUT2D eigenvalue weighted by Gasteiger charge is 2.07. The smallest absolute Gasteiger partial charge is 0.195 e. The number of nitrogens with two attached hydrogens (primary N) is 1. The first-order valence-electron chi connectivity index (χ1n) is 4.95. The molecule has 0 saturated heterocycles. The van der Waals surface area contributed by atoms with Crippen LogP contribution in [0.15, 0.2) is 10.6 Å². The average molecular weight is 182 g/mol. The third-order valence-electron chi connectivity index (χ3n) is 2.06. The molecule has 0 aliphatic carbocycles. The van der Waals surface area contributed by atoms with Crippen molar-refractivity contribution in [1.82, 2.24) is 4.98 Å². The van der Waals surface area contributed by atoms with Gasteiger partial charge in [-0.15, -0.1) is 0 Å². The van der Waals surface area contributed by atoms with Gasteiger partial charge in [0.1, 0.15) is 5.76 Å². The molecule has 3 nitrogen and oxygen atoms in total. The van der Waals surface area contributed by atoms with Gasteiger partial charge in [0, 0.05) is 18.9 Å². The van der Waals surface area contributed by atoms with Crippen molar-refractivity contribution in [1.29, 1.82) is 0 Å². The van der Waals surface area contributed by atoms with E-state index in [0.29, 0.717) is 0 Å². The van der Waals surface area contributed by atoms with Crippen molar-refractivity contribution in [3.8, 4) is 0 Å². The van der Waals surface area contributed by atoms with Crippen molar-refractivity contribution < 1.29 is 4.42 Å². The third kappa shape index (κ3) is 3.19. The fraction of sp³-hybridized carbons (Fsp3) is 0.700. The Balaban J connectivity index is 2.48. The lowest BCUT2D eigenvalue weighted by molar-refractivity contribution is 0.433. The molecular formula is C10H18N2O. The van der Waals surface area contributed by atoms with Crippen LogP contribution >= 0.6 is 0 Å². The molecule has 74 valence electrons. The van der Waals surface area contributed by atoms with Crippen LogP contribution in [-0.4, -0.2) is 11.0 Å². The van der Waals surface area contributed by atoms with Gasteiger partial charge in [0.25, 0.3) is 0 Å². The summed E-state index contributed by atoms with van der Waals surface area (Å²) in [4.78, 5) is 4.18. The number of nitrogens with zero attached hydrogens (tertiary/aromatic N) is 1. The molecule has 1 heterocycles. The third-order valence-corrected chi connectivity index (χ3v) is 2.06. The van der Waals surface area contributed by atoms with Crippen molar-refractivity contribution in [2.45, 2.75) is 45.6 Å². The molecule has 1 rings (SSSR count). The van der Waals surface area contributed by atoms with E-state index >= 15 is 0 Å². The summed E-state index contributed by atoms with van der Waals surface area (Å²) in [7, 11) is 0. The van der Waals surface area contributed by atoms with E-state index < -0.39 is 0 Å². The maximum atomic E-state index is 5.79. The van der Waals surface area contributed by atoms with Gasteiger partial charge in [0.15, 0.2) is 5.89 Å². The van der Waals surface area contributed by atoms with Gasteiger partial charge in [-0.25, -0.2) is 4.98 Å². The first-order valence-corrected chi connectivity index (χ1v) is 4.95. The van der Waals surface area contributed by atoms with E-state index in [1.807, 2.05) is 0 Å². The van der Waals surface area contributed by atoms with Gasteiger partial charge in [-0.3, -0.25) is 0 Å². The van der Waals surface area contributed by atoms with Crippen molar-refractivity contribution in [3.63, 3.8) is 0 Å². The molecule has 1 atom stereocenters. The molecule has 0 spiro atoms. The molecule has 0 saturated carbocycles. The quantitative estimate of drug-likeness (QED) is 0.756. The Morgan fingerprint density at radius 1 is 1.54 bits per heavy atom. The minimum atomic E-state index is 0.174. The number of aromatic nitrogens is 1. The molecule has 13 heavy (non-hydrogen) atoms. The SMILES string of the molecule is CCCc1cnc(CC(N)CC)o1. The van der Waals surface area contributed by atoms with Crippen LogP contribution in [0, 0.1) is 0 Å². The van der Waals surface area contributed by atoms with E-state index in [0.717, 1.165) is 37.3 Å². The van der Waals surface area contributed by atoms with Gasteiger partial charge in [0.05, 0.1) is 6.20 Å². The average Bonchev–Trinajstić information content (AvgIpc) is 2.53. The highest BCUT2D eigenvalue weighted by molar-refractivity contribution is 4.95. The second-order valence-corrected chi connectivity index (χ2v) is 3.34. The Morgan fingerprint density at radius 3 is 2.92 bits per heavy atom. The maximum absolute atomic E-state index is 5.79. The van der Waals surface area contributed by atoms with Crippen LogP contribution < -0.4 is 5.73 Å². The lowest BCUT2D eigenvalue weighted by Gasteiger charge is -2.03. The molecule has 0 radical (unpaired) electrons. The first-order chi connectivity index (χ1) is 6.26. The summed E-state index contributed by atoms with van der Waals surface area (Å²) >= 11 is 0. The molecule has 0 aliphatic heterocycles. The fourth-order valence-electron chi connectivity index (χ4n) is 1.17. The van der Waals surface area contributed by atoms with Crippen LogP contribution in [0.1, 0.15) is 38.3 Å². The van der Waals surface area contributed by atoms with Crippen molar-refractivity contribution in [2.75, 3.05) is 0 Å². The molecule has 1 unspecified atom stereocenters. The van der Waals surface area contributed by atoms with E-state index in [2.05, 4.69) is 18.8 Å². The summed E-state index contributed by atoms with van der Waals surface area (Å²) in [5, 5.41) is 0. The Morgan fingerprint density at radius 2 is 2.31 bits per heavy atom.